The van der Waals surface area contributed by atoms with Crippen molar-refractivity contribution < 1.29 is 19.1 Å². The van der Waals surface area contributed by atoms with Gasteiger partial charge in [0.25, 0.3) is 11.1 Å². The van der Waals surface area contributed by atoms with Gasteiger partial charge in [0.2, 0.25) is 5.91 Å². The topological polar surface area (TPSA) is 75.7 Å². The van der Waals surface area contributed by atoms with Crippen molar-refractivity contribution in [2.75, 3.05) is 20.2 Å². The average molecular weight is 425 g/mol. The molecule has 30 heavy (non-hydrogen) atoms. The molecule has 0 aromatic heterocycles. The van der Waals surface area contributed by atoms with E-state index in [1.54, 1.807) is 13.2 Å². The molecule has 1 saturated heterocycles. The lowest BCUT2D eigenvalue weighted by molar-refractivity contribution is -0.124. The van der Waals surface area contributed by atoms with Gasteiger partial charge in [-0.25, -0.2) is 0 Å². The Bertz CT molecular complexity index is 952. The number of carbonyl (C=O) groups excluding carboxylic acids is 3. The van der Waals surface area contributed by atoms with Crippen molar-refractivity contribution in [2.45, 2.75) is 19.8 Å². The fourth-order valence-corrected chi connectivity index (χ4v) is 3.82. The molecule has 156 valence electrons. The molecule has 1 fully saturated rings. The Kier molecular flexibility index (Phi) is 7.30. The highest BCUT2D eigenvalue weighted by atomic mass is 32.2. The van der Waals surface area contributed by atoms with E-state index in [0.717, 1.165) is 34.2 Å². The number of thioether (sulfide) groups is 1. The highest BCUT2D eigenvalue weighted by Gasteiger charge is 2.34. The molecule has 0 atom stereocenters. The van der Waals surface area contributed by atoms with Crippen molar-refractivity contribution in [3.8, 4) is 5.75 Å². The number of carbonyl (C=O) groups is 3. The minimum Gasteiger partial charge on any atom is -0.497 e. The second-order valence-electron chi connectivity index (χ2n) is 6.94. The van der Waals surface area contributed by atoms with Gasteiger partial charge in [0.1, 0.15) is 5.75 Å². The second kappa shape index (κ2) is 10.1. The van der Waals surface area contributed by atoms with Crippen LogP contribution >= 0.6 is 11.8 Å². The lowest BCUT2D eigenvalue weighted by Gasteiger charge is -2.13. The predicted molar refractivity (Wildman–Crippen MR) is 118 cm³/mol. The van der Waals surface area contributed by atoms with E-state index in [0.29, 0.717) is 17.7 Å². The van der Waals surface area contributed by atoms with E-state index in [1.807, 2.05) is 55.5 Å². The Morgan fingerprint density at radius 3 is 2.47 bits per heavy atom. The summed E-state index contributed by atoms with van der Waals surface area (Å²) in [5.74, 6) is 0.336. The highest BCUT2D eigenvalue weighted by molar-refractivity contribution is 8.18. The van der Waals surface area contributed by atoms with Crippen LogP contribution in [-0.2, 0) is 16.0 Å². The van der Waals surface area contributed by atoms with Gasteiger partial charge in [-0.15, -0.1) is 0 Å². The molecule has 1 aliphatic heterocycles. The number of aryl methyl sites for hydroxylation is 2. The molecule has 0 unspecified atom stereocenters. The van der Waals surface area contributed by atoms with Crippen LogP contribution in [0.5, 0.6) is 5.75 Å². The summed E-state index contributed by atoms with van der Waals surface area (Å²) in [4.78, 5) is 38.3. The summed E-state index contributed by atoms with van der Waals surface area (Å²) in [5, 5.41) is 2.46. The van der Waals surface area contributed by atoms with Crippen molar-refractivity contribution in [3.63, 3.8) is 0 Å². The van der Waals surface area contributed by atoms with E-state index < -0.39 is 0 Å². The highest BCUT2D eigenvalue weighted by Crippen LogP contribution is 2.31. The molecule has 0 bridgehead atoms. The summed E-state index contributed by atoms with van der Waals surface area (Å²) < 4.78 is 5.11. The molecule has 3 amide bonds. The summed E-state index contributed by atoms with van der Waals surface area (Å²) in [6.07, 6.45) is 2.66. The fourth-order valence-electron chi connectivity index (χ4n) is 2.95. The molecule has 1 N–H and O–H groups in total. The SMILES string of the molecule is COc1ccc(CCC(=O)NCCN2C(=O)S/C(=C/c3ccc(C)cc3)C2=O)cc1. The van der Waals surface area contributed by atoms with Crippen molar-refractivity contribution in [3.05, 3.63) is 70.1 Å². The van der Waals surface area contributed by atoms with Crippen LogP contribution in [-0.4, -0.2) is 42.2 Å². The fraction of sp³-hybridized carbons (Fsp3) is 0.261. The molecule has 0 radical (unpaired) electrons. The largest absolute Gasteiger partial charge is 0.497 e. The second-order valence-corrected chi connectivity index (χ2v) is 7.94. The van der Waals surface area contributed by atoms with Gasteiger partial charge in [0.15, 0.2) is 0 Å². The standard InChI is InChI=1S/C23H24N2O4S/c1-16-3-5-18(6-4-16)15-20-22(27)25(23(28)30-20)14-13-24-21(26)12-9-17-7-10-19(29-2)11-8-17/h3-8,10-11,15H,9,12-14H2,1-2H3,(H,24,26)/b20-15+. The minimum absolute atomic E-state index is 0.118. The van der Waals surface area contributed by atoms with E-state index in [-0.39, 0.29) is 30.1 Å². The maximum Gasteiger partial charge on any atom is 0.293 e. The normalized spacial score (nSPS) is 15.0. The molecule has 0 spiro atoms. The van der Waals surface area contributed by atoms with Crippen molar-refractivity contribution in [1.82, 2.24) is 10.2 Å². The number of nitrogens with zero attached hydrogens (tertiary/aromatic N) is 1. The van der Waals surface area contributed by atoms with Crippen LogP contribution in [0.4, 0.5) is 4.79 Å². The maximum absolute atomic E-state index is 12.5. The lowest BCUT2D eigenvalue weighted by Crippen LogP contribution is -2.37. The quantitative estimate of drug-likeness (QED) is 0.653. The Balaban J connectivity index is 1.45. The summed E-state index contributed by atoms with van der Waals surface area (Å²) in [7, 11) is 1.61. The first kappa shape index (κ1) is 21.6. The Labute approximate surface area is 180 Å². The van der Waals surface area contributed by atoms with E-state index in [4.69, 9.17) is 4.74 Å². The number of rotatable bonds is 8. The molecule has 3 rings (SSSR count). The van der Waals surface area contributed by atoms with Crippen molar-refractivity contribution in [1.29, 1.82) is 0 Å². The monoisotopic (exact) mass is 424 g/mol. The summed E-state index contributed by atoms with van der Waals surface area (Å²) in [5.41, 5.74) is 3.04. The molecule has 1 heterocycles. The zero-order valence-electron chi connectivity index (χ0n) is 17.0. The van der Waals surface area contributed by atoms with Crippen molar-refractivity contribution >= 4 is 34.9 Å². The first-order valence-corrected chi connectivity index (χ1v) is 10.5. The first-order valence-electron chi connectivity index (χ1n) is 9.68. The Hall–Kier alpha value is -3.06. The molecule has 2 aromatic carbocycles. The number of nitrogens with one attached hydrogen (secondary N) is 1. The average Bonchev–Trinajstić information content (AvgIpc) is 3.01. The van der Waals surface area contributed by atoms with E-state index in [1.165, 1.54) is 4.90 Å². The number of amides is 3. The zero-order valence-corrected chi connectivity index (χ0v) is 17.8. The van der Waals surface area contributed by atoms with E-state index in [9.17, 15) is 14.4 Å². The van der Waals surface area contributed by atoms with Crippen LogP contribution < -0.4 is 10.1 Å². The predicted octanol–water partition coefficient (Wildman–Crippen LogP) is 3.79. The van der Waals surface area contributed by atoms with Gasteiger partial charge in [-0.2, -0.15) is 0 Å². The molecular weight excluding hydrogens is 400 g/mol. The third-order valence-corrected chi connectivity index (χ3v) is 5.61. The number of benzene rings is 2. The number of ether oxygens (including phenoxy) is 1. The molecule has 0 aliphatic carbocycles. The Morgan fingerprint density at radius 2 is 1.80 bits per heavy atom. The van der Waals surface area contributed by atoms with E-state index in [2.05, 4.69) is 5.32 Å². The molecule has 7 heteroatoms. The molecule has 1 aliphatic rings. The van der Waals surface area contributed by atoms with E-state index >= 15 is 0 Å². The van der Waals surface area contributed by atoms with Crippen LogP contribution in [0, 0.1) is 6.92 Å². The van der Waals surface area contributed by atoms with Crippen LogP contribution in [0.1, 0.15) is 23.1 Å². The summed E-state index contributed by atoms with van der Waals surface area (Å²) in [6.45, 7) is 2.38. The van der Waals surface area contributed by atoms with Gasteiger partial charge in [0, 0.05) is 19.5 Å². The van der Waals surface area contributed by atoms with Crippen LogP contribution in [0.3, 0.4) is 0 Å². The third-order valence-electron chi connectivity index (χ3n) is 4.71. The summed E-state index contributed by atoms with van der Waals surface area (Å²) >= 11 is 0.926. The third kappa shape index (κ3) is 5.73. The van der Waals surface area contributed by atoms with Gasteiger partial charge in [0.05, 0.1) is 12.0 Å². The van der Waals surface area contributed by atoms with Crippen molar-refractivity contribution in [2.24, 2.45) is 0 Å². The Morgan fingerprint density at radius 1 is 1.10 bits per heavy atom. The van der Waals surface area contributed by atoms with Crippen LogP contribution in [0.25, 0.3) is 6.08 Å². The molecule has 0 saturated carbocycles. The lowest BCUT2D eigenvalue weighted by atomic mass is 10.1. The van der Waals surface area contributed by atoms with Gasteiger partial charge in [-0.3, -0.25) is 19.3 Å². The van der Waals surface area contributed by atoms with Gasteiger partial charge in [-0.05, 0) is 54.4 Å². The van der Waals surface area contributed by atoms with Gasteiger partial charge < -0.3 is 10.1 Å². The number of hydrogen-bond donors (Lipinski definition) is 1. The summed E-state index contributed by atoms with van der Waals surface area (Å²) in [6, 6.07) is 15.3. The van der Waals surface area contributed by atoms with Gasteiger partial charge >= 0.3 is 0 Å². The van der Waals surface area contributed by atoms with Crippen LogP contribution in [0.2, 0.25) is 0 Å². The minimum atomic E-state index is -0.321. The molecular formula is C23H24N2O4S. The molecule has 2 aromatic rings. The smallest absolute Gasteiger partial charge is 0.293 e. The first-order chi connectivity index (χ1) is 14.5. The number of methoxy groups -OCH3 is 1. The van der Waals surface area contributed by atoms with Crippen LogP contribution in [0.15, 0.2) is 53.4 Å². The van der Waals surface area contributed by atoms with Gasteiger partial charge in [-0.1, -0.05) is 42.0 Å². The number of hydrogen-bond acceptors (Lipinski definition) is 5. The molecule has 6 nitrogen and oxygen atoms in total. The zero-order chi connectivity index (χ0) is 21.5. The number of imide groups is 1. The maximum atomic E-state index is 12.5.